The van der Waals surface area contributed by atoms with E-state index in [-0.39, 0.29) is 0 Å². The van der Waals surface area contributed by atoms with Crippen LogP contribution in [-0.2, 0) is 18.4 Å². The van der Waals surface area contributed by atoms with Crippen LogP contribution in [0, 0.1) is 6.92 Å². The number of aromatic nitrogens is 4. The summed E-state index contributed by atoms with van der Waals surface area (Å²) in [6.07, 6.45) is 6.12. The summed E-state index contributed by atoms with van der Waals surface area (Å²) in [4.78, 5) is 4.59. The van der Waals surface area contributed by atoms with Crippen molar-refractivity contribution in [2.75, 3.05) is 0 Å². The molecule has 6 heteroatoms. The number of rotatable bonds is 3. The summed E-state index contributed by atoms with van der Waals surface area (Å²) >= 11 is 0. The second-order valence-corrected chi connectivity index (χ2v) is 7.31. The summed E-state index contributed by atoms with van der Waals surface area (Å²) in [6.45, 7) is 2.09. The molecule has 0 bridgehead atoms. The van der Waals surface area contributed by atoms with Gasteiger partial charge in [-0.05, 0) is 57.6 Å². The van der Waals surface area contributed by atoms with E-state index in [4.69, 9.17) is 15.4 Å². The zero-order valence-electron chi connectivity index (χ0n) is 14.3. The molecule has 0 amide bonds. The summed E-state index contributed by atoms with van der Waals surface area (Å²) < 4.78 is 7.58. The summed E-state index contributed by atoms with van der Waals surface area (Å²) in [5, 5.41) is 8.97. The van der Waals surface area contributed by atoms with Gasteiger partial charge in [-0.15, -0.1) is 0 Å². The van der Waals surface area contributed by atoms with Crippen LogP contribution in [0.4, 0.5) is 0 Å². The van der Waals surface area contributed by atoms with Crippen LogP contribution in [0.3, 0.4) is 0 Å². The van der Waals surface area contributed by atoms with E-state index in [1.807, 2.05) is 4.68 Å². The van der Waals surface area contributed by atoms with Crippen molar-refractivity contribution < 1.29 is 4.52 Å². The lowest BCUT2D eigenvalue weighted by Crippen LogP contribution is -2.44. The first-order valence-corrected chi connectivity index (χ1v) is 8.95. The molecule has 1 fully saturated rings. The quantitative estimate of drug-likeness (QED) is 0.795. The van der Waals surface area contributed by atoms with Crippen molar-refractivity contribution in [1.82, 2.24) is 19.9 Å². The van der Waals surface area contributed by atoms with Gasteiger partial charge in [0.1, 0.15) is 0 Å². The van der Waals surface area contributed by atoms with Gasteiger partial charge < -0.3 is 10.3 Å². The summed E-state index contributed by atoms with van der Waals surface area (Å²) in [5.41, 5.74) is 11.5. The molecule has 5 rings (SSSR count). The fraction of sp³-hybridized carbons (Fsp3) is 0.421. The molecule has 3 aromatic rings. The minimum Gasteiger partial charge on any atom is -0.332 e. The van der Waals surface area contributed by atoms with E-state index in [0.717, 1.165) is 49.9 Å². The maximum absolute atomic E-state index is 6.33. The van der Waals surface area contributed by atoms with Crippen molar-refractivity contribution in [3.63, 3.8) is 0 Å². The van der Waals surface area contributed by atoms with E-state index < -0.39 is 5.54 Å². The molecule has 0 radical (unpaired) electrons. The molecular weight excluding hydrogens is 314 g/mol. The average Bonchev–Trinajstić information content (AvgIpc) is 3.29. The Kier molecular flexibility index (Phi) is 3.12. The maximum Gasteiger partial charge on any atom is 0.278 e. The third-order valence-corrected chi connectivity index (χ3v) is 5.53. The van der Waals surface area contributed by atoms with Gasteiger partial charge in [-0.3, -0.25) is 0 Å². The van der Waals surface area contributed by atoms with Gasteiger partial charge in [-0.25, -0.2) is 4.68 Å². The van der Waals surface area contributed by atoms with Gasteiger partial charge in [0.2, 0.25) is 0 Å². The highest BCUT2D eigenvalue weighted by molar-refractivity contribution is 5.58. The number of hydrogen-bond acceptors (Lipinski definition) is 5. The third-order valence-electron chi connectivity index (χ3n) is 5.53. The van der Waals surface area contributed by atoms with Crippen molar-refractivity contribution in [1.29, 1.82) is 0 Å². The fourth-order valence-electron chi connectivity index (χ4n) is 3.81. The van der Waals surface area contributed by atoms with Crippen LogP contribution in [-0.4, -0.2) is 19.9 Å². The molecule has 0 aliphatic heterocycles. The Balaban J connectivity index is 1.58. The minimum atomic E-state index is -0.412. The number of nitrogens with zero attached hydrogens (tertiary/aromatic N) is 4. The molecule has 25 heavy (non-hydrogen) atoms. The Bertz CT molecular complexity index is 933. The normalized spacial score (nSPS) is 18.2. The van der Waals surface area contributed by atoms with Crippen LogP contribution < -0.4 is 5.73 Å². The van der Waals surface area contributed by atoms with Gasteiger partial charge in [0, 0.05) is 11.3 Å². The molecule has 0 spiro atoms. The highest BCUT2D eigenvalue weighted by Gasteiger charge is 2.39. The molecule has 1 saturated carbocycles. The molecular formula is C19H21N5O. The predicted octanol–water partition coefficient (Wildman–Crippen LogP) is 3.06. The monoisotopic (exact) mass is 335 g/mol. The van der Waals surface area contributed by atoms with E-state index >= 15 is 0 Å². The van der Waals surface area contributed by atoms with Crippen LogP contribution in [0.2, 0.25) is 0 Å². The molecule has 0 saturated heterocycles. The molecule has 0 atom stereocenters. The highest BCUT2D eigenvalue weighted by atomic mass is 16.5. The van der Waals surface area contributed by atoms with Crippen LogP contribution in [0.1, 0.15) is 48.3 Å². The Hall–Kier alpha value is -2.47. The first kappa shape index (κ1) is 14.8. The van der Waals surface area contributed by atoms with E-state index in [1.165, 1.54) is 16.8 Å². The Morgan fingerprint density at radius 3 is 2.64 bits per heavy atom. The SMILES string of the molecule is Cc1ccc(-n2nc(-c3nc(C4(N)CCC4)no3)c3c2CCC3)cc1. The second kappa shape index (κ2) is 5.26. The van der Waals surface area contributed by atoms with Gasteiger partial charge in [0.15, 0.2) is 11.5 Å². The van der Waals surface area contributed by atoms with Gasteiger partial charge in [-0.1, -0.05) is 22.9 Å². The number of aryl methyl sites for hydroxylation is 1. The summed E-state index contributed by atoms with van der Waals surface area (Å²) in [5.74, 6) is 1.11. The number of fused-ring (bicyclic) bond motifs is 1. The Morgan fingerprint density at radius 2 is 1.92 bits per heavy atom. The lowest BCUT2D eigenvalue weighted by Gasteiger charge is -2.34. The molecule has 2 aliphatic rings. The molecule has 128 valence electrons. The molecule has 6 nitrogen and oxygen atoms in total. The van der Waals surface area contributed by atoms with E-state index in [2.05, 4.69) is 41.3 Å². The van der Waals surface area contributed by atoms with Crippen LogP contribution in [0.15, 0.2) is 28.8 Å². The van der Waals surface area contributed by atoms with Crippen molar-refractivity contribution in [2.24, 2.45) is 5.73 Å². The topological polar surface area (TPSA) is 82.8 Å². The highest BCUT2D eigenvalue weighted by Crippen LogP contribution is 2.39. The van der Waals surface area contributed by atoms with Gasteiger partial charge >= 0.3 is 0 Å². The maximum atomic E-state index is 6.33. The molecule has 2 heterocycles. The van der Waals surface area contributed by atoms with E-state index in [0.29, 0.717) is 11.7 Å². The zero-order chi connectivity index (χ0) is 17.0. The molecule has 1 aromatic carbocycles. The van der Waals surface area contributed by atoms with Crippen molar-refractivity contribution in [3.05, 3.63) is 46.9 Å². The number of benzene rings is 1. The Morgan fingerprint density at radius 1 is 1.12 bits per heavy atom. The molecule has 2 N–H and O–H groups in total. The first-order chi connectivity index (χ1) is 12.1. The second-order valence-electron chi connectivity index (χ2n) is 7.31. The van der Waals surface area contributed by atoms with Crippen molar-refractivity contribution >= 4 is 0 Å². The molecule has 0 unspecified atom stereocenters. The van der Waals surface area contributed by atoms with Crippen LogP contribution in [0.5, 0.6) is 0 Å². The number of nitrogens with two attached hydrogens (primary N) is 1. The summed E-state index contributed by atoms with van der Waals surface area (Å²) in [7, 11) is 0. The fourth-order valence-corrected chi connectivity index (χ4v) is 3.81. The van der Waals surface area contributed by atoms with Crippen LogP contribution >= 0.6 is 0 Å². The third kappa shape index (κ3) is 2.24. The molecule has 2 aliphatic carbocycles. The lowest BCUT2D eigenvalue weighted by molar-refractivity contribution is 0.229. The van der Waals surface area contributed by atoms with Crippen molar-refractivity contribution in [2.45, 2.75) is 51.0 Å². The van der Waals surface area contributed by atoms with Gasteiger partial charge in [0.05, 0.1) is 11.2 Å². The first-order valence-electron chi connectivity index (χ1n) is 8.95. The van der Waals surface area contributed by atoms with E-state index in [9.17, 15) is 0 Å². The number of hydrogen-bond donors (Lipinski definition) is 1. The van der Waals surface area contributed by atoms with Gasteiger partial charge in [0.25, 0.3) is 5.89 Å². The lowest BCUT2D eigenvalue weighted by atomic mass is 9.77. The van der Waals surface area contributed by atoms with Crippen molar-refractivity contribution in [3.8, 4) is 17.3 Å². The smallest absolute Gasteiger partial charge is 0.278 e. The minimum absolute atomic E-state index is 0.412. The molecule has 2 aromatic heterocycles. The average molecular weight is 335 g/mol. The van der Waals surface area contributed by atoms with Gasteiger partial charge in [-0.2, -0.15) is 10.1 Å². The summed E-state index contributed by atoms with van der Waals surface area (Å²) in [6, 6.07) is 8.43. The predicted molar refractivity (Wildman–Crippen MR) is 93.3 cm³/mol. The van der Waals surface area contributed by atoms with Crippen LogP contribution in [0.25, 0.3) is 17.3 Å². The zero-order valence-corrected chi connectivity index (χ0v) is 14.3. The largest absolute Gasteiger partial charge is 0.332 e. The Labute approximate surface area is 146 Å². The standard InChI is InChI=1S/C19H21N5O/c1-12-6-8-13(9-7-12)24-15-5-2-4-14(15)16(22-24)17-21-18(23-25-17)19(20)10-3-11-19/h6-9H,2-5,10-11,20H2,1H3. The van der Waals surface area contributed by atoms with E-state index in [1.54, 1.807) is 0 Å².